The second-order valence-corrected chi connectivity index (χ2v) is 12.7. The van der Waals surface area contributed by atoms with Gasteiger partial charge in [0, 0.05) is 53.7 Å². The van der Waals surface area contributed by atoms with E-state index >= 15 is 4.39 Å². The highest BCUT2D eigenvalue weighted by atomic mass is 35.5. The zero-order chi connectivity index (χ0) is 30.2. The fourth-order valence-corrected chi connectivity index (χ4v) is 7.06. The number of alkyl halides is 3. The van der Waals surface area contributed by atoms with Crippen LogP contribution in [0.25, 0.3) is 11.1 Å². The summed E-state index contributed by atoms with van der Waals surface area (Å²) in [6.45, 7) is 1.45. The number of amides is 2. The van der Waals surface area contributed by atoms with Gasteiger partial charge in [-0.2, -0.15) is 4.31 Å². The van der Waals surface area contributed by atoms with Crippen molar-refractivity contribution in [1.29, 1.82) is 0 Å². The van der Waals surface area contributed by atoms with Crippen LogP contribution in [0.2, 0.25) is 5.02 Å². The number of sulfonamides is 1. The van der Waals surface area contributed by atoms with Gasteiger partial charge in [-0.05, 0) is 38.1 Å². The molecule has 2 saturated heterocycles. The van der Waals surface area contributed by atoms with Crippen LogP contribution in [-0.4, -0.2) is 79.9 Å². The van der Waals surface area contributed by atoms with Crippen molar-refractivity contribution in [3.63, 3.8) is 0 Å². The van der Waals surface area contributed by atoms with Gasteiger partial charge < -0.3 is 15.0 Å². The highest BCUT2D eigenvalue weighted by molar-refractivity contribution is 7.89. The van der Waals surface area contributed by atoms with Gasteiger partial charge in [0.05, 0.1) is 25.1 Å². The maximum atomic E-state index is 15.9. The van der Waals surface area contributed by atoms with Crippen LogP contribution in [0.4, 0.5) is 13.2 Å². The molecule has 222 valence electrons. The largest absolute Gasteiger partial charge is 0.497 e. The van der Waals surface area contributed by atoms with Crippen LogP contribution in [0.5, 0.6) is 5.75 Å². The van der Waals surface area contributed by atoms with E-state index < -0.39 is 71.4 Å². The van der Waals surface area contributed by atoms with E-state index in [0.29, 0.717) is 21.9 Å². The van der Waals surface area contributed by atoms with Gasteiger partial charge in [-0.25, -0.2) is 21.6 Å². The summed E-state index contributed by atoms with van der Waals surface area (Å²) < 4.78 is 76.0. The second kappa shape index (κ2) is 11.7. The molecular weight excluding hydrogens is 583 g/mol. The first-order valence-corrected chi connectivity index (χ1v) is 14.8. The number of carbonyl (C=O) groups is 2. The summed E-state index contributed by atoms with van der Waals surface area (Å²) in [5.41, 5.74) is -1.55. The average Bonchev–Trinajstić information content (AvgIpc) is 2.90. The fraction of sp³-hybridized carbons (Fsp3) is 0.429. The lowest BCUT2D eigenvalue weighted by atomic mass is 9.89. The van der Waals surface area contributed by atoms with Crippen LogP contribution in [0.15, 0.2) is 59.5 Å². The third-order valence-corrected chi connectivity index (χ3v) is 9.63. The molecule has 0 radical (unpaired) electrons. The smallest absolute Gasteiger partial charge is 0.282 e. The van der Waals surface area contributed by atoms with E-state index in [0.717, 1.165) is 11.0 Å². The topological polar surface area (TPSA) is 96.0 Å². The molecular formula is C28H31ClF3N3O5S. The Labute approximate surface area is 242 Å². The maximum absolute atomic E-state index is 15.9. The number of rotatable bonds is 8. The lowest BCUT2D eigenvalue weighted by molar-refractivity contribution is -0.160. The number of hydrogen-bond acceptors (Lipinski definition) is 5. The van der Waals surface area contributed by atoms with Crippen LogP contribution >= 0.6 is 11.6 Å². The molecule has 2 aromatic carbocycles. The fourth-order valence-electron chi connectivity index (χ4n) is 5.00. The second-order valence-electron chi connectivity index (χ2n) is 10.4. The predicted octanol–water partition coefficient (Wildman–Crippen LogP) is 4.44. The summed E-state index contributed by atoms with van der Waals surface area (Å²) in [7, 11) is -2.69. The molecule has 2 fully saturated rings. The normalized spacial score (nSPS) is 23.6. The Bertz CT molecular complexity index is 1460. The van der Waals surface area contributed by atoms with Gasteiger partial charge in [-0.3, -0.25) is 9.59 Å². The van der Waals surface area contributed by atoms with Crippen molar-refractivity contribution in [3.8, 4) is 16.9 Å². The lowest BCUT2D eigenvalue weighted by Gasteiger charge is -2.40. The van der Waals surface area contributed by atoms with Crippen LogP contribution in [0.3, 0.4) is 0 Å². The van der Waals surface area contributed by atoms with Crippen LogP contribution in [-0.2, 0) is 19.6 Å². The van der Waals surface area contributed by atoms with Crippen molar-refractivity contribution < 1.29 is 35.9 Å². The molecule has 4 rings (SSSR count). The highest BCUT2D eigenvalue weighted by Crippen LogP contribution is 2.40. The Morgan fingerprint density at radius 2 is 1.83 bits per heavy atom. The van der Waals surface area contributed by atoms with Gasteiger partial charge in [0.1, 0.15) is 5.75 Å². The van der Waals surface area contributed by atoms with Crippen LogP contribution in [0, 0.1) is 0 Å². The van der Waals surface area contributed by atoms with E-state index in [1.165, 1.54) is 43.5 Å². The van der Waals surface area contributed by atoms with E-state index in [4.69, 9.17) is 16.3 Å². The van der Waals surface area contributed by atoms with E-state index in [-0.39, 0.29) is 11.4 Å². The van der Waals surface area contributed by atoms with Gasteiger partial charge in [-0.1, -0.05) is 35.9 Å². The van der Waals surface area contributed by atoms with Crippen molar-refractivity contribution >= 4 is 33.4 Å². The van der Waals surface area contributed by atoms with Gasteiger partial charge in [0.2, 0.25) is 15.9 Å². The number of nitrogens with zero attached hydrogens (tertiary/aromatic N) is 2. The molecule has 2 aromatic rings. The molecule has 41 heavy (non-hydrogen) atoms. The SMILES string of the molecule is COc1ccc(S(=O)(=O)N2CC[C@@](F)(C(=O)N[C@H](C)/C=C/C(=O)N3CC(F)(F)C3)C[C@H]2C)c(-c2ccccc2Cl)c1. The van der Waals surface area contributed by atoms with Gasteiger partial charge in [0.15, 0.2) is 5.67 Å². The van der Waals surface area contributed by atoms with Crippen molar-refractivity contribution in [2.45, 2.75) is 55.3 Å². The Morgan fingerprint density at radius 3 is 2.44 bits per heavy atom. The van der Waals surface area contributed by atoms with Crippen LogP contribution < -0.4 is 10.1 Å². The third kappa shape index (κ3) is 6.54. The minimum atomic E-state index is -4.15. The first-order valence-electron chi connectivity index (χ1n) is 13.0. The van der Waals surface area contributed by atoms with Crippen molar-refractivity contribution in [2.75, 3.05) is 26.7 Å². The molecule has 13 heteroatoms. The van der Waals surface area contributed by atoms with Crippen LogP contribution in [0.1, 0.15) is 26.7 Å². The molecule has 2 aliphatic rings. The summed E-state index contributed by atoms with van der Waals surface area (Å²) in [4.78, 5) is 25.8. The number of benzene rings is 2. The lowest BCUT2D eigenvalue weighted by Crippen LogP contribution is -2.58. The van der Waals surface area contributed by atoms with E-state index in [9.17, 15) is 26.8 Å². The molecule has 2 heterocycles. The number of likely N-dealkylation sites (tertiary alicyclic amines) is 1. The minimum Gasteiger partial charge on any atom is -0.497 e. The predicted molar refractivity (Wildman–Crippen MR) is 148 cm³/mol. The number of hydrogen-bond donors (Lipinski definition) is 1. The summed E-state index contributed by atoms with van der Waals surface area (Å²) >= 11 is 6.38. The zero-order valence-electron chi connectivity index (χ0n) is 22.7. The molecule has 1 N–H and O–H groups in total. The Morgan fingerprint density at radius 1 is 1.15 bits per heavy atom. The minimum absolute atomic E-state index is 0.0301. The first-order chi connectivity index (χ1) is 19.2. The van der Waals surface area contributed by atoms with Gasteiger partial charge in [-0.15, -0.1) is 0 Å². The number of methoxy groups -OCH3 is 1. The standard InChI is InChI=1S/C28H31ClF3N3O5S/c1-18(8-11-25(36)34-16-28(31,32)17-34)33-26(37)27(30)12-13-35(19(2)15-27)41(38,39)24-10-9-20(40-3)14-22(24)21-6-4-5-7-23(21)29/h4-11,14,18-19H,12-13,15-17H2,1-3H3,(H,33,37)/b11-8+/t18-,19-,27+/m1/s1. The van der Waals surface area contributed by atoms with E-state index in [1.807, 2.05) is 0 Å². The highest BCUT2D eigenvalue weighted by Gasteiger charge is 2.48. The number of ether oxygens (including phenoxy) is 1. The molecule has 0 aromatic heterocycles. The molecule has 2 amide bonds. The van der Waals surface area contributed by atoms with Gasteiger partial charge >= 0.3 is 0 Å². The third-order valence-electron chi connectivity index (χ3n) is 7.23. The van der Waals surface area contributed by atoms with Gasteiger partial charge in [0.25, 0.3) is 11.8 Å². The molecule has 0 spiro atoms. The summed E-state index contributed by atoms with van der Waals surface area (Å²) in [6, 6.07) is 9.65. The molecule has 0 bridgehead atoms. The molecule has 0 unspecified atom stereocenters. The first kappa shape index (κ1) is 30.9. The van der Waals surface area contributed by atoms with Crippen molar-refractivity contribution in [2.24, 2.45) is 0 Å². The number of piperidine rings is 1. The molecule has 0 aliphatic carbocycles. The van der Waals surface area contributed by atoms with E-state index in [1.54, 1.807) is 30.3 Å². The quantitative estimate of drug-likeness (QED) is 0.445. The number of halogens is 4. The molecule has 0 saturated carbocycles. The van der Waals surface area contributed by atoms with Crippen molar-refractivity contribution in [3.05, 3.63) is 59.6 Å². The number of carbonyl (C=O) groups excluding carboxylic acids is 2. The summed E-state index contributed by atoms with van der Waals surface area (Å²) in [5, 5.41) is 2.82. The van der Waals surface area contributed by atoms with Crippen molar-refractivity contribution in [1.82, 2.24) is 14.5 Å². The maximum Gasteiger partial charge on any atom is 0.282 e. The molecule has 8 nitrogen and oxygen atoms in total. The average molecular weight is 614 g/mol. The monoisotopic (exact) mass is 613 g/mol. The Balaban J connectivity index is 1.47. The Hall–Kier alpha value is -3.09. The Kier molecular flexibility index (Phi) is 8.77. The summed E-state index contributed by atoms with van der Waals surface area (Å²) in [6.07, 6.45) is 1.57. The summed E-state index contributed by atoms with van der Waals surface area (Å²) in [5.74, 6) is -4.04. The zero-order valence-corrected chi connectivity index (χ0v) is 24.3. The molecule has 2 aliphatic heterocycles. The number of nitrogens with one attached hydrogen (secondary N) is 1. The van der Waals surface area contributed by atoms with E-state index in [2.05, 4.69) is 5.32 Å². The molecule has 3 atom stereocenters.